The Morgan fingerprint density at radius 2 is 2.25 bits per heavy atom. The van der Waals surface area contributed by atoms with Crippen LogP contribution < -0.4 is 5.32 Å². The second kappa shape index (κ2) is 4.00. The lowest BCUT2D eigenvalue weighted by Crippen LogP contribution is -2.46. The van der Waals surface area contributed by atoms with Gasteiger partial charge in [0.05, 0.1) is 12.1 Å². The van der Waals surface area contributed by atoms with Gasteiger partial charge in [-0.1, -0.05) is 0 Å². The van der Waals surface area contributed by atoms with Crippen molar-refractivity contribution in [2.75, 3.05) is 20.2 Å². The number of ether oxygens (including phenoxy) is 1. The Balaban J connectivity index is 1.61. The molecule has 16 heavy (non-hydrogen) atoms. The molecule has 2 aliphatic heterocycles. The largest absolute Gasteiger partial charge is 0.380 e. The van der Waals surface area contributed by atoms with E-state index in [0.29, 0.717) is 11.9 Å². The average molecular weight is 224 g/mol. The fraction of sp³-hybridized carbons (Fsp3) is 0.917. The van der Waals surface area contributed by atoms with Crippen LogP contribution in [0.1, 0.15) is 25.7 Å². The molecule has 0 spiro atoms. The minimum atomic E-state index is 0.00398. The first-order chi connectivity index (χ1) is 7.78. The number of nitrogens with zero attached hydrogens (tertiary/aromatic N) is 1. The van der Waals surface area contributed by atoms with Gasteiger partial charge in [-0.25, -0.2) is 0 Å². The summed E-state index contributed by atoms with van der Waals surface area (Å²) in [6.07, 6.45) is 4.84. The summed E-state index contributed by atoms with van der Waals surface area (Å²) in [6, 6.07) is 0.546. The van der Waals surface area contributed by atoms with Gasteiger partial charge in [-0.15, -0.1) is 0 Å². The molecule has 0 aromatic rings. The normalized spacial score (nSPS) is 41.9. The molecule has 4 heteroatoms. The molecule has 3 rings (SSSR count). The summed E-state index contributed by atoms with van der Waals surface area (Å²) >= 11 is 0. The van der Waals surface area contributed by atoms with E-state index in [4.69, 9.17) is 4.74 Å². The van der Waals surface area contributed by atoms with Crippen molar-refractivity contribution in [1.82, 2.24) is 10.2 Å². The zero-order valence-corrected chi connectivity index (χ0v) is 9.82. The van der Waals surface area contributed by atoms with Crippen molar-refractivity contribution in [3.63, 3.8) is 0 Å². The van der Waals surface area contributed by atoms with Crippen molar-refractivity contribution in [3.05, 3.63) is 0 Å². The van der Waals surface area contributed by atoms with E-state index in [0.717, 1.165) is 25.4 Å². The molecule has 1 aliphatic carbocycles. The number of amides is 1. The molecule has 2 saturated heterocycles. The van der Waals surface area contributed by atoms with Crippen LogP contribution in [0.2, 0.25) is 0 Å². The quantitative estimate of drug-likeness (QED) is 0.737. The molecular weight excluding hydrogens is 204 g/mol. The summed E-state index contributed by atoms with van der Waals surface area (Å²) < 4.78 is 5.28. The molecule has 1 amide bonds. The smallest absolute Gasteiger partial charge is 0.240 e. The fourth-order valence-electron chi connectivity index (χ4n) is 3.47. The van der Waals surface area contributed by atoms with Crippen LogP contribution in [0.25, 0.3) is 0 Å². The molecule has 3 aliphatic rings. The van der Waals surface area contributed by atoms with Gasteiger partial charge < -0.3 is 15.0 Å². The Morgan fingerprint density at radius 1 is 1.38 bits per heavy atom. The summed E-state index contributed by atoms with van der Waals surface area (Å²) in [5.41, 5.74) is 0. The van der Waals surface area contributed by atoms with Crippen molar-refractivity contribution in [2.45, 2.75) is 43.9 Å². The lowest BCUT2D eigenvalue weighted by atomic mass is 10.1. The number of methoxy groups -OCH3 is 1. The summed E-state index contributed by atoms with van der Waals surface area (Å²) in [6.45, 7) is 1.81. The molecule has 4 nitrogen and oxygen atoms in total. The van der Waals surface area contributed by atoms with Crippen molar-refractivity contribution in [3.8, 4) is 0 Å². The first-order valence-corrected chi connectivity index (χ1v) is 6.34. The predicted molar refractivity (Wildman–Crippen MR) is 60.0 cm³/mol. The monoisotopic (exact) mass is 224 g/mol. The SMILES string of the molecule is COC1CNC(C(=O)N2CC3CCC2C3)C1. The third kappa shape index (κ3) is 1.64. The van der Waals surface area contributed by atoms with Crippen LogP contribution in [0, 0.1) is 5.92 Å². The van der Waals surface area contributed by atoms with Crippen LogP contribution in [0.5, 0.6) is 0 Å². The number of carbonyl (C=O) groups excluding carboxylic acids is 1. The van der Waals surface area contributed by atoms with Crippen molar-refractivity contribution in [2.24, 2.45) is 5.92 Å². The van der Waals surface area contributed by atoms with Gasteiger partial charge in [0.2, 0.25) is 5.91 Å². The highest BCUT2D eigenvalue weighted by Crippen LogP contribution is 2.37. The number of fused-ring (bicyclic) bond motifs is 2. The minimum absolute atomic E-state index is 0.00398. The number of carbonyl (C=O) groups is 1. The summed E-state index contributed by atoms with van der Waals surface area (Å²) in [4.78, 5) is 14.4. The molecule has 0 aromatic heterocycles. The standard InChI is InChI=1S/C12H20N2O2/c1-16-10-5-11(13-6-10)12(15)14-7-8-2-3-9(14)4-8/h8-11,13H,2-7H2,1H3. The van der Waals surface area contributed by atoms with Gasteiger partial charge in [-0.3, -0.25) is 4.79 Å². The minimum Gasteiger partial charge on any atom is -0.380 e. The Labute approximate surface area is 96.3 Å². The van der Waals surface area contributed by atoms with Gasteiger partial charge in [0.25, 0.3) is 0 Å². The molecule has 1 N–H and O–H groups in total. The van der Waals surface area contributed by atoms with Gasteiger partial charge in [0.15, 0.2) is 0 Å². The zero-order chi connectivity index (χ0) is 11.1. The average Bonchev–Trinajstić information content (AvgIpc) is 3.03. The number of hydrogen-bond acceptors (Lipinski definition) is 3. The first-order valence-electron chi connectivity index (χ1n) is 6.34. The van der Waals surface area contributed by atoms with Gasteiger partial charge in [0, 0.05) is 26.2 Å². The third-order valence-corrected chi connectivity index (χ3v) is 4.41. The van der Waals surface area contributed by atoms with Crippen LogP contribution in [0.3, 0.4) is 0 Å². The molecule has 4 atom stereocenters. The lowest BCUT2D eigenvalue weighted by Gasteiger charge is -2.29. The summed E-state index contributed by atoms with van der Waals surface area (Å²) in [5.74, 6) is 1.10. The van der Waals surface area contributed by atoms with E-state index >= 15 is 0 Å². The fourth-order valence-corrected chi connectivity index (χ4v) is 3.47. The molecule has 3 fully saturated rings. The van der Waals surface area contributed by atoms with Crippen molar-refractivity contribution < 1.29 is 9.53 Å². The molecule has 2 heterocycles. The molecule has 0 radical (unpaired) electrons. The molecule has 90 valence electrons. The second-order valence-corrected chi connectivity index (χ2v) is 5.38. The van der Waals surface area contributed by atoms with Gasteiger partial charge in [0.1, 0.15) is 0 Å². The van der Waals surface area contributed by atoms with E-state index in [9.17, 15) is 4.79 Å². The van der Waals surface area contributed by atoms with Crippen LogP contribution in [-0.2, 0) is 9.53 Å². The zero-order valence-electron chi connectivity index (χ0n) is 9.82. The first kappa shape index (κ1) is 10.5. The molecule has 0 aromatic carbocycles. The van der Waals surface area contributed by atoms with Gasteiger partial charge in [-0.05, 0) is 31.6 Å². The Bertz CT molecular complexity index is 295. The van der Waals surface area contributed by atoms with E-state index in [2.05, 4.69) is 10.2 Å². The van der Waals surface area contributed by atoms with Crippen LogP contribution in [-0.4, -0.2) is 49.2 Å². The summed E-state index contributed by atoms with van der Waals surface area (Å²) in [5, 5.41) is 3.28. The van der Waals surface area contributed by atoms with E-state index in [1.54, 1.807) is 7.11 Å². The van der Waals surface area contributed by atoms with Crippen molar-refractivity contribution in [1.29, 1.82) is 0 Å². The Morgan fingerprint density at radius 3 is 2.81 bits per heavy atom. The number of likely N-dealkylation sites (tertiary alicyclic amines) is 1. The highest BCUT2D eigenvalue weighted by molar-refractivity contribution is 5.83. The maximum atomic E-state index is 12.3. The highest BCUT2D eigenvalue weighted by Gasteiger charge is 2.43. The molecule has 2 bridgehead atoms. The van der Waals surface area contributed by atoms with Crippen molar-refractivity contribution >= 4 is 5.91 Å². The Kier molecular flexibility index (Phi) is 2.64. The van der Waals surface area contributed by atoms with Crippen LogP contribution in [0.15, 0.2) is 0 Å². The van der Waals surface area contributed by atoms with Crippen LogP contribution >= 0.6 is 0 Å². The lowest BCUT2D eigenvalue weighted by molar-refractivity contribution is -0.134. The Hall–Kier alpha value is -0.610. The van der Waals surface area contributed by atoms with E-state index in [1.807, 2.05) is 0 Å². The number of piperidine rings is 1. The third-order valence-electron chi connectivity index (χ3n) is 4.41. The van der Waals surface area contributed by atoms with Crippen LogP contribution in [0.4, 0.5) is 0 Å². The number of hydrogen-bond donors (Lipinski definition) is 1. The van der Waals surface area contributed by atoms with Gasteiger partial charge >= 0.3 is 0 Å². The van der Waals surface area contributed by atoms with E-state index < -0.39 is 0 Å². The highest BCUT2D eigenvalue weighted by atomic mass is 16.5. The molecular formula is C12H20N2O2. The summed E-state index contributed by atoms with van der Waals surface area (Å²) in [7, 11) is 1.72. The maximum absolute atomic E-state index is 12.3. The number of rotatable bonds is 2. The predicted octanol–water partition coefficient (Wildman–Crippen LogP) is 0.374. The number of nitrogens with one attached hydrogen (secondary N) is 1. The second-order valence-electron chi connectivity index (χ2n) is 5.38. The molecule has 4 unspecified atom stereocenters. The topological polar surface area (TPSA) is 41.6 Å². The van der Waals surface area contributed by atoms with E-state index in [-0.39, 0.29) is 12.1 Å². The maximum Gasteiger partial charge on any atom is 0.240 e. The molecule has 1 saturated carbocycles. The van der Waals surface area contributed by atoms with E-state index in [1.165, 1.54) is 19.3 Å². The van der Waals surface area contributed by atoms with Gasteiger partial charge in [-0.2, -0.15) is 0 Å².